The van der Waals surface area contributed by atoms with Crippen molar-refractivity contribution in [2.45, 2.75) is 13.3 Å². The van der Waals surface area contributed by atoms with Crippen LogP contribution < -0.4 is 0 Å². The SMILES string of the molecule is CCC1[C@H]2CN(P)C[C@@H]12. The summed E-state index contributed by atoms with van der Waals surface area (Å²) in [6.07, 6.45) is 1.41. The maximum absolute atomic E-state index is 2.80. The van der Waals surface area contributed by atoms with E-state index in [1.165, 1.54) is 19.5 Å². The van der Waals surface area contributed by atoms with Crippen LogP contribution in [0.4, 0.5) is 0 Å². The molecule has 1 heterocycles. The van der Waals surface area contributed by atoms with Gasteiger partial charge in [0.05, 0.1) is 0 Å². The highest BCUT2D eigenvalue weighted by Crippen LogP contribution is 2.53. The molecule has 52 valence electrons. The number of fused-ring (bicyclic) bond motifs is 1. The van der Waals surface area contributed by atoms with Crippen LogP contribution in [-0.2, 0) is 0 Å². The van der Waals surface area contributed by atoms with E-state index >= 15 is 0 Å². The van der Waals surface area contributed by atoms with Gasteiger partial charge in [-0.2, -0.15) is 0 Å². The molecule has 1 aliphatic heterocycles. The summed E-state index contributed by atoms with van der Waals surface area (Å²) < 4.78 is 2.38. The van der Waals surface area contributed by atoms with Crippen LogP contribution in [0.5, 0.6) is 0 Å². The zero-order valence-corrected chi connectivity index (χ0v) is 7.03. The largest absolute Gasteiger partial charge is 0.287 e. The molecule has 0 aromatic rings. The molecule has 4 atom stereocenters. The molecule has 1 nitrogen and oxygen atoms in total. The summed E-state index contributed by atoms with van der Waals surface area (Å²) in [6.45, 7) is 5.00. The molecule has 0 amide bonds. The van der Waals surface area contributed by atoms with Gasteiger partial charge in [0, 0.05) is 13.1 Å². The van der Waals surface area contributed by atoms with Crippen molar-refractivity contribution < 1.29 is 0 Å². The first-order valence-corrected chi connectivity index (χ1v) is 4.34. The predicted octanol–water partition coefficient (Wildman–Crippen LogP) is 1.36. The second-order valence-corrected chi connectivity index (χ2v) is 4.08. The fourth-order valence-electron chi connectivity index (χ4n) is 2.29. The van der Waals surface area contributed by atoms with E-state index in [2.05, 4.69) is 21.0 Å². The minimum Gasteiger partial charge on any atom is -0.287 e. The third-order valence-corrected chi connectivity index (χ3v) is 3.29. The summed E-state index contributed by atoms with van der Waals surface area (Å²) in [5, 5.41) is 0. The van der Waals surface area contributed by atoms with Crippen molar-refractivity contribution in [3.63, 3.8) is 0 Å². The molecule has 0 bridgehead atoms. The Balaban J connectivity index is 1.91. The fraction of sp³-hybridized carbons (Fsp3) is 1.00. The van der Waals surface area contributed by atoms with Crippen LogP contribution in [0.3, 0.4) is 0 Å². The van der Waals surface area contributed by atoms with E-state index < -0.39 is 0 Å². The molecule has 2 fully saturated rings. The van der Waals surface area contributed by atoms with Crippen molar-refractivity contribution in [2.24, 2.45) is 17.8 Å². The first kappa shape index (κ1) is 6.12. The Labute approximate surface area is 59.1 Å². The maximum Gasteiger partial charge on any atom is 0.00506 e. The lowest BCUT2D eigenvalue weighted by Crippen LogP contribution is -2.11. The molecular formula is C7H14NP. The van der Waals surface area contributed by atoms with E-state index in [0.29, 0.717) is 0 Å². The fourth-order valence-corrected chi connectivity index (χ4v) is 2.77. The molecule has 2 heteroatoms. The Morgan fingerprint density at radius 2 is 2.00 bits per heavy atom. The zero-order valence-electron chi connectivity index (χ0n) is 5.88. The lowest BCUT2D eigenvalue weighted by atomic mass is 10.2. The van der Waals surface area contributed by atoms with Gasteiger partial charge >= 0.3 is 0 Å². The summed E-state index contributed by atoms with van der Waals surface area (Å²) >= 11 is 0. The minimum absolute atomic E-state index is 1.08. The summed E-state index contributed by atoms with van der Waals surface area (Å²) in [6, 6.07) is 0. The molecule has 2 aliphatic rings. The Morgan fingerprint density at radius 1 is 1.44 bits per heavy atom. The smallest absolute Gasteiger partial charge is 0.00506 e. The molecule has 2 unspecified atom stereocenters. The Hall–Kier alpha value is 0.390. The van der Waals surface area contributed by atoms with Crippen LogP contribution in [0.15, 0.2) is 0 Å². The first-order chi connectivity index (χ1) is 4.33. The molecule has 0 radical (unpaired) electrons. The molecule has 0 aromatic carbocycles. The van der Waals surface area contributed by atoms with E-state index in [1.807, 2.05) is 0 Å². The van der Waals surface area contributed by atoms with Crippen molar-refractivity contribution in [1.82, 2.24) is 4.67 Å². The van der Waals surface area contributed by atoms with Gasteiger partial charge in [0.25, 0.3) is 0 Å². The minimum atomic E-state index is 1.08. The quantitative estimate of drug-likeness (QED) is 0.501. The lowest BCUT2D eigenvalue weighted by Gasteiger charge is -2.10. The number of piperidine rings is 1. The first-order valence-electron chi connectivity index (χ1n) is 3.82. The van der Waals surface area contributed by atoms with E-state index in [-0.39, 0.29) is 0 Å². The molecule has 1 saturated heterocycles. The highest BCUT2D eigenvalue weighted by atomic mass is 31.0. The van der Waals surface area contributed by atoms with Gasteiger partial charge in [-0.3, -0.25) is 4.67 Å². The summed E-state index contributed by atoms with van der Waals surface area (Å²) in [7, 11) is 2.80. The standard InChI is InChI=1S/C7H14NP/c1-2-5-6-3-8(9)4-7(5)6/h5-7H,2-4,9H2,1H3/t5?,6-,7+. The lowest BCUT2D eigenvalue weighted by molar-refractivity contribution is 0.455. The molecule has 0 spiro atoms. The Kier molecular flexibility index (Phi) is 1.32. The van der Waals surface area contributed by atoms with Gasteiger partial charge in [0.1, 0.15) is 0 Å². The normalized spacial score (nSPS) is 49.3. The topological polar surface area (TPSA) is 3.24 Å². The third-order valence-electron chi connectivity index (χ3n) is 2.87. The van der Waals surface area contributed by atoms with Crippen molar-refractivity contribution in [3.05, 3.63) is 0 Å². The van der Waals surface area contributed by atoms with Gasteiger partial charge in [-0.15, -0.1) is 0 Å². The molecule has 1 saturated carbocycles. The summed E-state index contributed by atoms with van der Waals surface area (Å²) in [4.78, 5) is 0. The highest BCUT2D eigenvalue weighted by molar-refractivity contribution is 7.13. The number of nitrogens with zero attached hydrogens (tertiary/aromatic N) is 1. The van der Waals surface area contributed by atoms with Crippen LogP contribution in [0.2, 0.25) is 0 Å². The predicted molar refractivity (Wildman–Crippen MR) is 42.0 cm³/mol. The van der Waals surface area contributed by atoms with Gasteiger partial charge in [0.15, 0.2) is 0 Å². The summed E-state index contributed by atoms with van der Waals surface area (Å²) in [5.74, 6) is 3.25. The van der Waals surface area contributed by atoms with Crippen molar-refractivity contribution >= 4 is 9.39 Å². The monoisotopic (exact) mass is 143 g/mol. The van der Waals surface area contributed by atoms with Crippen molar-refractivity contribution in [3.8, 4) is 0 Å². The second kappa shape index (κ2) is 1.93. The van der Waals surface area contributed by atoms with Gasteiger partial charge in [0.2, 0.25) is 0 Å². The highest BCUT2D eigenvalue weighted by Gasteiger charge is 2.53. The van der Waals surface area contributed by atoms with Crippen molar-refractivity contribution in [2.75, 3.05) is 13.1 Å². The zero-order chi connectivity index (χ0) is 6.43. The number of hydrogen-bond acceptors (Lipinski definition) is 1. The molecule has 0 aromatic heterocycles. The molecule has 2 rings (SSSR count). The number of rotatable bonds is 1. The number of hydrogen-bond donors (Lipinski definition) is 0. The molecule has 9 heavy (non-hydrogen) atoms. The second-order valence-electron chi connectivity index (χ2n) is 3.35. The van der Waals surface area contributed by atoms with Crippen LogP contribution in [0.1, 0.15) is 13.3 Å². The van der Waals surface area contributed by atoms with E-state index in [0.717, 1.165) is 17.8 Å². The summed E-state index contributed by atoms with van der Waals surface area (Å²) in [5.41, 5.74) is 0. The van der Waals surface area contributed by atoms with Crippen LogP contribution >= 0.6 is 9.39 Å². The van der Waals surface area contributed by atoms with Crippen LogP contribution in [0, 0.1) is 17.8 Å². The van der Waals surface area contributed by atoms with Crippen LogP contribution in [-0.4, -0.2) is 17.8 Å². The van der Waals surface area contributed by atoms with Gasteiger partial charge in [-0.05, 0) is 17.8 Å². The van der Waals surface area contributed by atoms with E-state index in [4.69, 9.17) is 0 Å². The maximum atomic E-state index is 2.80. The van der Waals surface area contributed by atoms with E-state index in [9.17, 15) is 0 Å². The average Bonchev–Trinajstić information content (AvgIpc) is 2.30. The molecule has 0 N–H and O–H groups in total. The molecule has 1 aliphatic carbocycles. The van der Waals surface area contributed by atoms with Gasteiger partial charge in [-0.1, -0.05) is 22.7 Å². The Bertz CT molecular complexity index is 114. The Morgan fingerprint density at radius 3 is 2.44 bits per heavy atom. The van der Waals surface area contributed by atoms with Gasteiger partial charge < -0.3 is 0 Å². The van der Waals surface area contributed by atoms with Crippen LogP contribution in [0.25, 0.3) is 0 Å². The van der Waals surface area contributed by atoms with E-state index in [1.54, 1.807) is 0 Å². The average molecular weight is 143 g/mol. The van der Waals surface area contributed by atoms with Gasteiger partial charge in [-0.25, -0.2) is 0 Å². The molecular weight excluding hydrogens is 129 g/mol. The third kappa shape index (κ3) is 0.824. The van der Waals surface area contributed by atoms with Crippen molar-refractivity contribution in [1.29, 1.82) is 0 Å².